The molecule has 0 saturated heterocycles. The highest BCUT2D eigenvalue weighted by molar-refractivity contribution is 5.87. The molecule has 1 aliphatic carbocycles. The number of alkyl halides is 3. The van der Waals surface area contributed by atoms with Gasteiger partial charge in [-0.05, 0) is 57.6 Å². The van der Waals surface area contributed by atoms with E-state index in [1.165, 1.54) is 0 Å². The first-order valence-corrected chi connectivity index (χ1v) is 11.0. The molecule has 3 atom stereocenters. The van der Waals surface area contributed by atoms with Gasteiger partial charge in [0.05, 0.1) is 17.0 Å². The van der Waals surface area contributed by atoms with Crippen LogP contribution in [0.2, 0.25) is 0 Å². The third-order valence-corrected chi connectivity index (χ3v) is 6.14. The molecule has 0 aliphatic heterocycles. The second kappa shape index (κ2) is 8.81. The molecule has 0 radical (unpaired) electrons. The summed E-state index contributed by atoms with van der Waals surface area (Å²) in [4.78, 5) is 13.1. The molecule has 10 heteroatoms. The number of fused-ring (bicyclic) bond motifs is 1. The van der Waals surface area contributed by atoms with Crippen LogP contribution < -0.4 is 10.6 Å². The van der Waals surface area contributed by atoms with Gasteiger partial charge in [0.15, 0.2) is 5.58 Å². The minimum Gasteiger partial charge on any atom is -0.454 e. The van der Waals surface area contributed by atoms with Crippen molar-refractivity contribution in [2.75, 3.05) is 23.8 Å². The van der Waals surface area contributed by atoms with Crippen LogP contribution >= 0.6 is 0 Å². The van der Waals surface area contributed by atoms with Gasteiger partial charge in [-0.2, -0.15) is 18.2 Å². The summed E-state index contributed by atoms with van der Waals surface area (Å²) in [5.74, 6) is 1.26. The maximum Gasteiger partial charge on any atom is 0.405 e. The zero-order valence-corrected chi connectivity index (χ0v) is 19.0. The predicted octanol–water partition coefficient (Wildman–Crippen LogP) is 5.00. The number of rotatable bonds is 6. The van der Waals surface area contributed by atoms with Gasteiger partial charge in [-0.1, -0.05) is 6.92 Å². The van der Waals surface area contributed by atoms with Crippen LogP contribution in [0.15, 0.2) is 16.5 Å². The highest BCUT2D eigenvalue weighted by Gasteiger charge is 2.33. The number of nitrogens with one attached hydrogen (secondary N) is 2. The van der Waals surface area contributed by atoms with E-state index in [9.17, 15) is 18.3 Å². The first-order chi connectivity index (χ1) is 15.5. The van der Waals surface area contributed by atoms with Crippen molar-refractivity contribution < 1.29 is 22.7 Å². The Morgan fingerprint density at radius 1 is 1.09 bits per heavy atom. The van der Waals surface area contributed by atoms with Crippen LogP contribution in [0, 0.1) is 32.6 Å². The number of aryl methyl sites for hydroxylation is 3. The molecule has 1 aliphatic rings. The zero-order valence-electron chi connectivity index (χ0n) is 19.0. The van der Waals surface area contributed by atoms with E-state index in [2.05, 4.69) is 32.5 Å². The molecule has 3 aromatic rings. The first kappa shape index (κ1) is 23.3. The van der Waals surface area contributed by atoms with E-state index in [0.29, 0.717) is 28.4 Å². The fraction of sp³-hybridized carbons (Fsp3) is 0.522. The molecule has 3 N–H and O–H groups in total. The van der Waals surface area contributed by atoms with Crippen molar-refractivity contribution in [3.63, 3.8) is 0 Å². The van der Waals surface area contributed by atoms with Crippen molar-refractivity contribution in [2.24, 2.45) is 11.8 Å². The third kappa shape index (κ3) is 5.05. The number of halogens is 3. The second-order valence-corrected chi connectivity index (χ2v) is 8.95. The summed E-state index contributed by atoms with van der Waals surface area (Å²) in [5.41, 5.74) is 3.35. The number of aliphatic hydroxyl groups is 1. The van der Waals surface area contributed by atoms with Crippen LogP contribution in [0.4, 0.5) is 24.9 Å². The molecule has 1 saturated carbocycles. The van der Waals surface area contributed by atoms with Crippen molar-refractivity contribution in [1.82, 2.24) is 15.0 Å². The van der Waals surface area contributed by atoms with Gasteiger partial charge in [-0.3, -0.25) is 4.98 Å². The number of hydrogen-bond donors (Lipinski definition) is 3. The Labute approximate surface area is 189 Å². The third-order valence-electron chi connectivity index (χ3n) is 6.14. The van der Waals surface area contributed by atoms with E-state index >= 15 is 0 Å². The zero-order chi connectivity index (χ0) is 23.9. The molecule has 0 amide bonds. The average molecular weight is 464 g/mol. The molecule has 0 aromatic carbocycles. The van der Waals surface area contributed by atoms with Crippen molar-refractivity contribution in [3.8, 4) is 11.3 Å². The Balaban J connectivity index is 1.77. The quantitative estimate of drug-likeness (QED) is 0.473. The molecule has 178 valence electrons. The van der Waals surface area contributed by atoms with Gasteiger partial charge in [0, 0.05) is 23.7 Å². The summed E-state index contributed by atoms with van der Waals surface area (Å²) in [6, 6.07) is 3.81. The van der Waals surface area contributed by atoms with Crippen LogP contribution in [-0.2, 0) is 0 Å². The van der Waals surface area contributed by atoms with Crippen molar-refractivity contribution >= 4 is 22.7 Å². The number of anilines is 2. The average Bonchev–Trinajstić information content (AvgIpc) is 3.29. The Morgan fingerprint density at radius 2 is 1.85 bits per heavy atom. The van der Waals surface area contributed by atoms with E-state index in [-0.39, 0.29) is 30.4 Å². The van der Waals surface area contributed by atoms with E-state index in [1.54, 1.807) is 6.92 Å². The molecule has 0 unspecified atom stereocenters. The normalized spacial score (nSPS) is 21.0. The van der Waals surface area contributed by atoms with Crippen LogP contribution in [0.3, 0.4) is 0 Å². The molecular formula is C23H28F3N5O2. The van der Waals surface area contributed by atoms with Crippen LogP contribution in [0.25, 0.3) is 22.3 Å². The van der Waals surface area contributed by atoms with E-state index in [1.807, 2.05) is 26.0 Å². The Hall–Kier alpha value is -2.88. The number of aliphatic hydroxyl groups excluding tert-OH is 1. The number of pyridine rings is 1. The molecule has 33 heavy (non-hydrogen) atoms. The van der Waals surface area contributed by atoms with Gasteiger partial charge in [0.1, 0.15) is 18.1 Å². The molecule has 0 bridgehead atoms. The molecule has 0 spiro atoms. The molecule has 1 fully saturated rings. The van der Waals surface area contributed by atoms with Gasteiger partial charge >= 0.3 is 6.18 Å². The Bertz CT molecular complexity index is 1160. The van der Waals surface area contributed by atoms with Crippen molar-refractivity contribution in [3.05, 3.63) is 29.2 Å². The van der Waals surface area contributed by atoms with Crippen molar-refractivity contribution in [2.45, 2.75) is 52.8 Å². The summed E-state index contributed by atoms with van der Waals surface area (Å²) in [5, 5.41) is 16.1. The smallest absolute Gasteiger partial charge is 0.405 e. The van der Waals surface area contributed by atoms with Gasteiger partial charge in [0.2, 0.25) is 5.95 Å². The molecule has 3 heterocycles. The predicted molar refractivity (Wildman–Crippen MR) is 120 cm³/mol. The van der Waals surface area contributed by atoms with Crippen LogP contribution in [0.1, 0.15) is 36.8 Å². The lowest BCUT2D eigenvalue weighted by atomic mass is 10.1. The Morgan fingerprint density at radius 3 is 2.52 bits per heavy atom. The number of hydrogen-bond acceptors (Lipinski definition) is 7. The lowest BCUT2D eigenvalue weighted by molar-refractivity contribution is -0.115. The lowest BCUT2D eigenvalue weighted by Gasteiger charge is -2.21. The number of nitrogens with zero attached hydrogens (tertiary/aromatic N) is 3. The second-order valence-electron chi connectivity index (χ2n) is 8.95. The topological polar surface area (TPSA) is 96.1 Å². The fourth-order valence-corrected chi connectivity index (χ4v) is 4.63. The molecule has 3 aromatic heterocycles. The fourth-order valence-electron chi connectivity index (χ4n) is 4.63. The summed E-state index contributed by atoms with van der Waals surface area (Å²) in [6.45, 7) is 6.45. The van der Waals surface area contributed by atoms with E-state index in [0.717, 1.165) is 29.6 Å². The largest absolute Gasteiger partial charge is 0.454 e. The number of aromatic nitrogens is 3. The maximum atomic E-state index is 12.8. The lowest BCUT2D eigenvalue weighted by Crippen LogP contribution is -2.25. The van der Waals surface area contributed by atoms with Crippen LogP contribution in [0.5, 0.6) is 0 Å². The molecular weight excluding hydrogens is 435 g/mol. The van der Waals surface area contributed by atoms with Gasteiger partial charge in [-0.25, -0.2) is 4.98 Å². The minimum absolute atomic E-state index is 0.0145. The SMILES string of the molecule is Cc1cc2cc(-c3c(C)nc(NCC(F)(F)F)nc3N[C@@H]3C[C@H](CO)C[C@H]3C)oc2c(C)n1. The van der Waals surface area contributed by atoms with E-state index < -0.39 is 12.7 Å². The summed E-state index contributed by atoms with van der Waals surface area (Å²) < 4.78 is 44.4. The van der Waals surface area contributed by atoms with Gasteiger partial charge in [-0.15, -0.1) is 0 Å². The van der Waals surface area contributed by atoms with Crippen LogP contribution in [-0.4, -0.2) is 45.4 Å². The van der Waals surface area contributed by atoms with Gasteiger partial charge in [0.25, 0.3) is 0 Å². The molecule has 4 rings (SSSR count). The first-order valence-electron chi connectivity index (χ1n) is 11.0. The van der Waals surface area contributed by atoms with E-state index in [4.69, 9.17) is 4.42 Å². The molecule has 7 nitrogen and oxygen atoms in total. The minimum atomic E-state index is -4.39. The monoisotopic (exact) mass is 463 g/mol. The standard InChI is InChI=1S/C23H28F3N5O2/c1-11-5-15(9-32)7-17(11)30-21-19(13(3)29-22(31-21)27-10-23(24,25)26)18-8-16-6-12(2)28-14(4)20(16)33-18/h6,8,11,15,17,32H,5,7,9-10H2,1-4H3,(H2,27,29,30,31)/t11-,15-,17-/m1/s1. The summed E-state index contributed by atoms with van der Waals surface area (Å²) >= 11 is 0. The highest BCUT2D eigenvalue weighted by atomic mass is 19.4. The van der Waals surface area contributed by atoms with Gasteiger partial charge < -0.3 is 20.2 Å². The highest BCUT2D eigenvalue weighted by Crippen LogP contribution is 2.38. The summed E-state index contributed by atoms with van der Waals surface area (Å²) in [7, 11) is 0. The van der Waals surface area contributed by atoms with Crippen molar-refractivity contribution in [1.29, 1.82) is 0 Å². The summed E-state index contributed by atoms with van der Waals surface area (Å²) in [6.07, 6.45) is -2.78. The Kier molecular flexibility index (Phi) is 6.22. The number of furan rings is 1. The maximum absolute atomic E-state index is 12.8.